The van der Waals surface area contributed by atoms with Crippen LogP contribution in [0.25, 0.3) is 0 Å². The summed E-state index contributed by atoms with van der Waals surface area (Å²) in [5, 5.41) is 9.15. The van der Waals surface area contributed by atoms with Crippen molar-refractivity contribution in [3.63, 3.8) is 0 Å². The van der Waals surface area contributed by atoms with Gasteiger partial charge in [-0.2, -0.15) is 5.10 Å². The fraction of sp³-hybridized carbons (Fsp3) is 0.0909. The molecule has 0 atom stereocenters. The Morgan fingerprint density at radius 3 is 2.67 bits per heavy atom. The predicted molar refractivity (Wildman–Crippen MR) is 126 cm³/mol. The summed E-state index contributed by atoms with van der Waals surface area (Å²) in [5.74, 6) is -1.29. The van der Waals surface area contributed by atoms with Crippen LogP contribution >= 0.6 is 27.5 Å². The van der Waals surface area contributed by atoms with Crippen LogP contribution in [0.5, 0.6) is 5.75 Å². The van der Waals surface area contributed by atoms with Crippen LogP contribution in [0.4, 0.5) is 5.69 Å². The minimum atomic E-state index is -0.985. The molecule has 0 saturated heterocycles. The van der Waals surface area contributed by atoms with Gasteiger partial charge in [-0.3, -0.25) is 14.4 Å². The van der Waals surface area contributed by atoms with Gasteiger partial charge in [-0.05, 0) is 42.5 Å². The number of anilines is 1. The Hall–Kier alpha value is -3.63. The van der Waals surface area contributed by atoms with Crippen molar-refractivity contribution < 1.29 is 23.5 Å². The van der Waals surface area contributed by atoms with E-state index in [1.807, 2.05) is 0 Å². The zero-order chi connectivity index (χ0) is 23.6. The number of halogens is 2. The van der Waals surface area contributed by atoms with E-state index in [-0.39, 0.29) is 19.1 Å². The van der Waals surface area contributed by atoms with E-state index in [0.29, 0.717) is 27.8 Å². The highest BCUT2D eigenvalue weighted by Crippen LogP contribution is 2.22. The number of hydrogen-bond acceptors (Lipinski definition) is 6. The van der Waals surface area contributed by atoms with Gasteiger partial charge in [-0.15, -0.1) is 0 Å². The first-order valence-corrected chi connectivity index (χ1v) is 10.7. The van der Waals surface area contributed by atoms with Gasteiger partial charge in [-0.25, -0.2) is 5.43 Å². The Bertz CT molecular complexity index is 1170. The summed E-state index contributed by atoms with van der Waals surface area (Å²) >= 11 is 9.30. The van der Waals surface area contributed by atoms with Crippen LogP contribution in [0.1, 0.15) is 11.3 Å². The number of furan rings is 1. The maximum absolute atomic E-state index is 12.0. The molecule has 0 fully saturated rings. The Morgan fingerprint density at radius 1 is 1.09 bits per heavy atom. The lowest BCUT2D eigenvalue weighted by Crippen LogP contribution is -2.32. The number of benzene rings is 2. The topological polar surface area (TPSA) is 122 Å². The van der Waals surface area contributed by atoms with Crippen molar-refractivity contribution in [1.29, 1.82) is 0 Å². The van der Waals surface area contributed by atoms with Gasteiger partial charge in [0.25, 0.3) is 5.91 Å². The van der Waals surface area contributed by atoms with Gasteiger partial charge < -0.3 is 19.8 Å². The lowest BCUT2D eigenvalue weighted by molar-refractivity contribution is -0.136. The molecule has 11 heteroatoms. The van der Waals surface area contributed by atoms with E-state index in [2.05, 4.69) is 37.1 Å². The Balaban J connectivity index is 1.54. The average molecular weight is 534 g/mol. The van der Waals surface area contributed by atoms with E-state index < -0.39 is 11.8 Å². The predicted octanol–water partition coefficient (Wildman–Crippen LogP) is 3.48. The van der Waals surface area contributed by atoms with Gasteiger partial charge in [0.05, 0.1) is 29.7 Å². The fourth-order valence-corrected chi connectivity index (χ4v) is 3.06. The molecule has 3 rings (SSSR count). The lowest BCUT2D eigenvalue weighted by atomic mass is 10.2. The molecule has 0 aliphatic rings. The SMILES string of the molecule is O=C(COc1ccc(Br)cc1/C=N\NC(=O)C(=O)Nc1ccccc1Cl)NCc1ccco1. The van der Waals surface area contributed by atoms with Crippen molar-refractivity contribution >= 4 is 57.2 Å². The third-order valence-corrected chi connectivity index (χ3v) is 4.89. The van der Waals surface area contributed by atoms with E-state index in [1.165, 1.54) is 12.5 Å². The van der Waals surface area contributed by atoms with Crippen molar-refractivity contribution in [3.05, 3.63) is 81.7 Å². The molecular weight excluding hydrogens is 516 g/mol. The number of carbonyl (C=O) groups excluding carboxylic acids is 3. The van der Waals surface area contributed by atoms with Crippen molar-refractivity contribution in [1.82, 2.24) is 10.7 Å². The van der Waals surface area contributed by atoms with Crippen LogP contribution < -0.4 is 20.8 Å². The standard InChI is InChI=1S/C22H18BrClN4O5/c23-15-7-8-19(33-13-20(29)25-12-16-4-3-9-32-16)14(10-15)11-26-28-22(31)21(30)27-18-6-2-1-5-17(18)24/h1-11H,12-13H2,(H,25,29)(H,27,30)(H,28,31)/b26-11-. The number of nitrogens with zero attached hydrogens (tertiary/aromatic N) is 1. The van der Waals surface area contributed by atoms with Gasteiger partial charge in [0.15, 0.2) is 6.61 Å². The molecule has 2 aromatic carbocycles. The normalized spacial score (nSPS) is 10.6. The molecule has 0 bridgehead atoms. The summed E-state index contributed by atoms with van der Waals surface area (Å²) in [4.78, 5) is 36.0. The monoisotopic (exact) mass is 532 g/mol. The summed E-state index contributed by atoms with van der Waals surface area (Å²) < 4.78 is 11.4. The molecule has 0 aliphatic heterocycles. The first-order chi connectivity index (χ1) is 15.9. The summed E-state index contributed by atoms with van der Waals surface area (Å²) in [6.07, 6.45) is 2.81. The number of para-hydroxylation sites is 1. The Kier molecular flexibility index (Phi) is 8.62. The minimum Gasteiger partial charge on any atom is -0.483 e. The number of ether oxygens (including phenoxy) is 1. The highest BCUT2D eigenvalue weighted by Gasteiger charge is 2.14. The molecular formula is C22H18BrClN4O5. The van der Waals surface area contributed by atoms with Crippen LogP contribution in [0.2, 0.25) is 5.02 Å². The second-order valence-corrected chi connectivity index (χ2v) is 7.78. The largest absolute Gasteiger partial charge is 0.483 e. The Labute approximate surface area is 202 Å². The van der Waals surface area contributed by atoms with Crippen LogP contribution in [0, 0.1) is 0 Å². The fourth-order valence-electron chi connectivity index (χ4n) is 2.50. The molecule has 3 N–H and O–H groups in total. The zero-order valence-corrected chi connectivity index (χ0v) is 19.4. The number of rotatable bonds is 8. The van der Waals surface area contributed by atoms with E-state index in [1.54, 1.807) is 54.6 Å². The van der Waals surface area contributed by atoms with Gasteiger partial charge in [0, 0.05) is 10.0 Å². The maximum atomic E-state index is 12.0. The summed E-state index contributed by atoms with van der Waals surface area (Å²) in [7, 11) is 0. The second kappa shape index (κ2) is 11.8. The molecule has 0 saturated carbocycles. The van der Waals surface area contributed by atoms with Crippen LogP contribution in [-0.4, -0.2) is 30.5 Å². The lowest BCUT2D eigenvalue weighted by Gasteiger charge is -2.10. The smallest absolute Gasteiger partial charge is 0.329 e. The first kappa shape index (κ1) is 24.0. The number of carbonyl (C=O) groups is 3. The first-order valence-electron chi connectivity index (χ1n) is 9.52. The molecule has 33 heavy (non-hydrogen) atoms. The van der Waals surface area contributed by atoms with Crippen LogP contribution in [0.3, 0.4) is 0 Å². The van der Waals surface area contributed by atoms with Crippen molar-refractivity contribution in [3.8, 4) is 5.75 Å². The van der Waals surface area contributed by atoms with Crippen molar-refractivity contribution in [2.24, 2.45) is 5.10 Å². The van der Waals surface area contributed by atoms with Crippen molar-refractivity contribution in [2.45, 2.75) is 6.54 Å². The molecule has 1 aromatic heterocycles. The minimum absolute atomic E-state index is 0.240. The molecule has 0 radical (unpaired) electrons. The molecule has 3 amide bonds. The zero-order valence-electron chi connectivity index (χ0n) is 17.0. The van der Waals surface area contributed by atoms with Gasteiger partial charge >= 0.3 is 11.8 Å². The van der Waals surface area contributed by atoms with Crippen LogP contribution in [-0.2, 0) is 20.9 Å². The molecule has 0 unspecified atom stereocenters. The summed E-state index contributed by atoms with van der Waals surface area (Å²) in [6.45, 7) is 0.00190. The number of hydrogen-bond donors (Lipinski definition) is 3. The van der Waals surface area contributed by atoms with Crippen LogP contribution in [0.15, 0.2) is 74.9 Å². The second-order valence-electron chi connectivity index (χ2n) is 6.46. The average Bonchev–Trinajstić information content (AvgIpc) is 3.32. The van der Waals surface area contributed by atoms with Gasteiger partial charge in [0.2, 0.25) is 0 Å². The van der Waals surface area contributed by atoms with E-state index in [4.69, 9.17) is 20.8 Å². The molecule has 0 aliphatic carbocycles. The van der Waals surface area contributed by atoms with Gasteiger partial charge in [-0.1, -0.05) is 39.7 Å². The summed E-state index contributed by atoms with van der Waals surface area (Å²) in [5.41, 5.74) is 2.90. The third-order valence-electron chi connectivity index (χ3n) is 4.07. The van der Waals surface area contributed by atoms with Crippen molar-refractivity contribution in [2.75, 3.05) is 11.9 Å². The number of hydrazone groups is 1. The molecule has 9 nitrogen and oxygen atoms in total. The molecule has 1 heterocycles. The maximum Gasteiger partial charge on any atom is 0.329 e. The highest BCUT2D eigenvalue weighted by atomic mass is 79.9. The third kappa shape index (κ3) is 7.48. The Morgan fingerprint density at radius 2 is 1.91 bits per heavy atom. The number of nitrogens with one attached hydrogen (secondary N) is 3. The molecule has 3 aromatic rings. The quantitative estimate of drug-likeness (QED) is 0.232. The van der Waals surface area contributed by atoms with E-state index in [0.717, 1.165) is 4.47 Å². The number of amides is 3. The summed E-state index contributed by atoms with van der Waals surface area (Å²) in [6, 6.07) is 15.0. The van der Waals surface area contributed by atoms with E-state index in [9.17, 15) is 14.4 Å². The highest BCUT2D eigenvalue weighted by molar-refractivity contribution is 9.10. The molecule has 0 spiro atoms. The molecule has 170 valence electrons. The van der Waals surface area contributed by atoms with Gasteiger partial charge in [0.1, 0.15) is 11.5 Å². The van der Waals surface area contributed by atoms with E-state index >= 15 is 0 Å².